The van der Waals surface area contributed by atoms with Crippen molar-refractivity contribution in [1.29, 1.82) is 0 Å². The standard InChI is InChI=1S/C13H19N.3C2H5.Zr/c1-5-6-7-14-13-11(3)8-10(2)9-12(13)4;3*1-2;/h8-9H,1,5-7H2,2-4H3;3*1H2,2H3;/q-2;3*-1;. The zero-order valence-corrected chi connectivity index (χ0v) is 17.5. The van der Waals surface area contributed by atoms with Gasteiger partial charge in [-0.05, 0) is 20.8 Å². The molecule has 21 heavy (non-hydrogen) atoms. The minimum atomic E-state index is 0. The maximum absolute atomic E-state index is 4.60. The van der Waals surface area contributed by atoms with Crippen LogP contribution in [-0.2, 0) is 26.2 Å². The van der Waals surface area contributed by atoms with Gasteiger partial charge in [-0.15, -0.1) is 12.2 Å². The molecule has 0 N–H and O–H groups in total. The summed E-state index contributed by atoms with van der Waals surface area (Å²) in [5, 5.41) is 4.60. The van der Waals surface area contributed by atoms with Gasteiger partial charge in [-0.25, -0.2) is 0 Å². The van der Waals surface area contributed by atoms with Crippen LogP contribution in [0.3, 0.4) is 0 Å². The molecule has 0 amide bonds. The summed E-state index contributed by atoms with van der Waals surface area (Å²) in [7, 11) is 0. The fraction of sp³-hybridized carbons (Fsp3) is 0.474. The molecule has 1 aromatic rings. The summed E-state index contributed by atoms with van der Waals surface area (Å²) in [6.45, 7) is 26.1. The van der Waals surface area contributed by atoms with Gasteiger partial charge in [-0.3, -0.25) is 0 Å². The van der Waals surface area contributed by atoms with Crippen molar-refractivity contribution < 1.29 is 26.2 Å². The molecule has 0 unspecified atom stereocenters. The zero-order valence-electron chi connectivity index (χ0n) is 15.1. The Morgan fingerprint density at radius 2 is 1.24 bits per heavy atom. The Morgan fingerprint density at radius 1 is 0.857 bits per heavy atom. The first kappa shape index (κ1) is 29.0. The average Bonchev–Trinajstić information content (AvgIpc) is 2.48. The first-order valence-corrected chi connectivity index (χ1v) is 7.32. The number of benzene rings is 1. The Balaban J connectivity index is -0.000000183. The number of hydrogen-bond acceptors (Lipinski definition) is 0. The molecule has 0 radical (unpaired) electrons. The van der Waals surface area contributed by atoms with Crippen LogP contribution in [0.1, 0.15) is 50.3 Å². The molecule has 0 spiro atoms. The molecular formula is C19H34NZr-5. The SMILES string of the molecule is [CH2-]C.[CH2-]C.[CH2-]C.[CH2-]CCC[N-]c1c(C)cc(C)cc1C.[Zr]. The van der Waals surface area contributed by atoms with Gasteiger partial charge in [-0.2, -0.15) is 27.2 Å². The van der Waals surface area contributed by atoms with Crippen molar-refractivity contribution in [2.24, 2.45) is 0 Å². The van der Waals surface area contributed by atoms with E-state index in [0.29, 0.717) is 0 Å². The van der Waals surface area contributed by atoms with E-state index in [9.17, 15) is 0 Å². The predicted octanol–water partition coefficient (Wildman–Crippen LogP) is 6.75. The number of hydrogen-bond donors (Lipinski definition) is 0. The van der Waals surface area contributed by atoms with Crippen molar-refractivity contribution in [2.45, 2.75) is 54.4 Å². The van der Waals surface area contributed by atoms with Crippen molar-refractivity contribution >= 4 is 5.69 Å². The van der Waals surface area contributed by atoms with Crippen LogP contribution in [0.15, 0.2) is 12.1 Å². The van der Waals surface area contributed by atoms with Crippen LogP contribution in [0.2, 0.25) is 0 Å². The molecule has 0 fully saturated rings. The third-order valence-electron chi connectivity index (χ3n) is 2.31. The molecule has 0 aliphatic rings. The van der Waals surface area contributed by atoms with Crippen LogP contribution in [-0.4, -0.2) is 6.54 Å². The fourth-order valence-electron chi connectivity index (χ4n) is 1.72. The van der Waals surface area contributed by atoms with Gasteiger partial charge in [0.2, 0.25) is 0 Å². The Hall–Kier alpha value is -0.0969. The monoisotopic (exact) mass is 366 g/mol. The van der Waals surface area contributed by atoms with Crippen LogP contribution in [0.4, 0.5) is 5.69 Å². The molecular weight excluding hydrogens is 333 g/mol. The maximum atomic E-state index is 4.60. The summed E-state index contributed by atoms with van der Waals surface area (Å²) < 4.78 is 0. The Morgan fingerprint density at radius 3 is 1.57 bits per heavy atom. The van der Waals surface area contributed by atoms with Crippen LogP contribution in [0.25, 0.3) is 5.32 Å². The van der Waals surface area contributed by atoms with E-state index >= 15 is 0 Å². The van der Waals surface area contributed by atoms with Crippen molar-refractivity contribution in [1.82, 2.24) is 0 Å². The Kier molecular flexibility index (Phi) is 30.6. The molecule has 0 atom stereocenters. The van der Waals surface area contributed by atoms with E-state index in [1.54, 1.807) is 20.8 Å². The molecule has 0 saturated heterocycles. The van der Waals surface area contributed by atoms with Crippen molar-refractivity contribution in [3.8, 4) is 0 Å². The maximum Gasteiger partial charge on any atom is 0 e. The van der Waals surface area contributed by atoms with Crippen molar-refractivity contribution in [3.63, 3.8) is 0 Å². The van der Waals surface area contributed by atoms with E-state index in [1.165, 1.54) is 22.4 Å². The molecule has 124 valence electrons. The summed E-state index contributed by atoms with van der Waals surface area (Å²) in [4.78, 5) is 0. The summed E-state index contributed by atoms with van der Waals surface area (Å²) >= 11 is 0. The van der Waals surface area contributed by atoms with Gasteiger partial charge in [0.1, 0.15) is 0 Å². The largest absolute Gasteiger partial charge is 0.684 e. The van der Waals surface area contributed by atoms with Gasteiger partial charge in [0.05, 0.1) is 0 Å². The molecule has 0 aliphatic carbocycles. The molecule has 1 nitrogen and oxygen atoms in total. The first-order valence-electron chi connectivity index (χ1n) is 7.32. The second-order valence-corrected chi connectivity index (χ2v) is 3.84. The van der Waals surface area contributed by atoms with Gasteiger partial charge >= 0.3 is 0 Å². The topological polar surface area (TPSA) is 14.1 Å². The number of aryl methyl sites for hydroxylation is 3. The van der Waals surface area contributed by atoms with Crippen molar-refractivity contribution in [3.05, 3.63) is 61.8 Å². The van der Waals surface area contributed by atoms with Gasteiger partial charge in [0.15, 0.2) is 0 Å². The average molecular weight is 368 g/mol. The minimum absolute atomic E-state index is 0. The molecule has 1 rings (SSSR count). The van der Waals surface area contributed by atoms with E-state index < -0.39 is 0 Å². The van der Waals surface area contributed by atoms with Gasteiger partial charge in [0, 0.05) is 26.2 Å². The van der Waals surface area contributed by atoms with Crippen molar-refractivity contribution in [2.75, 3.05) is 6.54 Å². The normalized spacial score (nSPS) is 7.71. The Bertz CT molecular complexity index is 285. The van der Waals surface area contributed by atoms with E-state index in [1.807, 2.05) is 0 Å². The number of unbranched alkanes of at least 4 members (excludes halogenated alkanes) is 1. The second kappa shape index (κ2) is 22.2. The molecule has 0 heterocycles. The third kappa shape index (κ3) is 14.6. The number of rotatable bonds is 4. The van der Waals surface area contributed by atoms with E-state index in [0.717, 1.165) is 19.4 Å². The van der Waals surface area contributed by atoms with Crippen LogP contribution < -0.4 is 0 Å². The van der Waals surface area contributed by atoms with Crippen LogP contribution in [0, 0.1) is 48.5 Å². The van der Waals surface area contributed by atoms with E-state index in [-0.39, 0.29) is 26.2 Å². The molecule has 0 aliphatic heterocycles. The van der Waals surface area contributed by atoms with Crippen LogP contribution in [0.5, 0.6) is 0 Å². The molecule has 2 heteroatoms. The summed E-state index contributed by atoms with van der Waals surface area (Å²) in [6, 6.07) is 4.38. The Labute approximate surface area is 154 Å². The van der Waals surface area contributed by atoms with E-state index in [2.05, 4.69) is 65.9 Å². The second-order valence-electron chi connectivity index (χ2n) is 3.84. The summed E-state index contributed by atoms with van der Waals surface area (Å²) in [5.74, 6) is 0. The van der Waals surface area contributed by atoms with Gasteiger partial charge < -0.3 is 33.0 Å². The van der Waals surface area contributed by atoms with Gasteiger partial charge in [0.25, 0.3) is 0 Å². The number of nitrogens with zero attached hydrogens (tertiary/aromatic N) is 1. The van der Waals surface area contributed by atoms with Crippen LogP contribution >= 0.6 is 0 Å². The molecule has 1 aromatic carbocycles. The third-order valence-corrected chi connectivity index (χ3v) is 2.31. The zero-order chi connectivity index (χ0) is 16.6. The fourth-order valence-corrected chi connectivity index (χ4v) is 1.72. The molecule has 0 bridgehead atoms. The molecule has 0 aromatic heterocycles. The quantitative estimate of drug-likeness (QED) is 0.413. The summed E-state index contributed by atoms with van der Waals surface area (Å²) in [5.41, 5.74) is 5.05. The smallest absolute Gasteiger partial charge is 0 e. The minimum Gasteiger partial charge on any atom is -0.684 e. The predicted molar refractivity (Wildman–Crippen MR) is 96.2 cm³/mol. The summed E-state index contributed by atoms with van der Waals surface area (Å²) in [6.07, 6.45) is 2.04. The van der Waals surface area contributed by atoms with E-state index in [4.69, 9.17) is 0 Å². The first-order chi connectivity index (χ1) is 9.65. The van der Waals surface area contributed by atoms with Gasteiger partial charge in [-0.1, -0.05) is 35.2 Å². The molecule has 0 saturated carbocycles.